The Morgan fingerprint density at radius 2 is 2.43 bits per heavy atom. The van der Waals surface area contributed by atoms with Gasteiger partial charge >= 0.3 is 5.82 Å². The third kappa shape index (κ3) is 2.85. The number of nitro groups is 1. The zero-order chi connectivity index (χ0) is 10.4. The van der Waals surface area contributed by atoms with Gasteiger partial charge in [0, 0.05) is 12.6 Å². The Balaban J connectivity index is 2.55. The topological polar surface area (TPSA) is 68.1 Å². The van der Waals surface area contributed by atoms with Gasteiger partial charge in [-0.2, -0.15) is 0 Å². The maximum Gasteiger partial charge on any atom is 0.363 e. The van der Waals surface area contributed by atoms with Crippen molar-refractivity contribution in [2.24, 2.45) is 0 Å². The van der Waals surface area contributed by atoms with E-state index in [0.717, 1.165) is 18.7 Å². The number of nitrogens with zero attached hydrogens (tertiary/aromatic N) is 2. The molecule has 14 heavy (non-hydrogen) atoms. The van der Waals surface area contributed by atoms with Crippen LogP contribution in [-0.4, -0.2) is 16.5 Å². The van der Waals surface area contributed by atoms with Crippen molar-refractivity contribution >= 4 is 11.5 Å². The van der Waals surface area contributed by atoms with Crippen LogP contribution in [0.3, 0.4) is 0 Å². The third-order valence-corrected chi connectivity index (χ3v) is 1.61. The predicted octanol–water partition coefficient (Wildman–Crippen LogP) is 1.98. The summed E-state index contributed by atoms with van der Waals surface area (Å²) < 4.78 is 0. The molecule has 0 atom stereocenters. The number of aromatic nitrogens is 1. The average Bonchev–Trinajstić information content (AvgIpc) is 2.19. The molecule has 0 bridgehead atoms. The van der Waals surface area contributed by atoms with Gasteiger partial charge in [0.2, 0.25) is 0 Å². The molecule has 0 unspecified atom stereocenters. The fourth-order valence-corrected chi connectivity index (χ4v) is 0.917. The third-order valence-electron chi connectivity index (χ3n) is 1.61. The number of rotatable bonds is 5. The molecule has 0 aliphatic carbocycles. The summed E-state index contributed by atoms with van der Waals surface area (Å²) in [7, 11) is 0. The normalized spacial score (nSPS) is 9.43. The number of nitrogens with one attached hydrogen (secondary N) is 1. The van der Waals surface area contributed by atoms with Crippen LogP contribution in [0.15, 0.2) is 31.0 Å². The molecule has 1 aromatic heterocycles. The van der Waals surface area contributed by atoms with Crippen molar-refractivity contribution in [3.05, 3.63) is 41.1 Å². The minimum atomic E-state index is -0.520. The Morgan fingerprint density at radius 1 is 1.64 bits per heavy atom. The summed E-state index contributed by atoms with van der Waals surface area (Å²) in [6.45, 7) is 4.34. The minimum absolute atomic E-state index is 0.140. The number of hydrogen-bond acceptors (Lipinski definition) is 4. The highest BCUT2D eigenvalue weighted by Gasteiger charge is 2.04. The summed E-state index contributed by atoms with van der Waals surface area (Å²) in [6, 6.07) is 3.00. The lowest BCUT2D eigenvalue weighted by molar-refractivity contribution is -0.389. The van der Waals surface area contributed by atoms with Crippen LogP contribution in [0.25, 0.3) is 0 Å². The fraction of sp³-hybridized carbons (Fsp3) is 0.222. The Bertz CT molecular complexity index is 321. The summed E-state index contributed by atoms with van der Waals surface area (Å²) in [4.78, 5) is 13.4. The lowest BCUT2D eigenvalue weighted by Crippen LogP contribution is -2.00. The van der Waals surface area contributed by atoms with Crippen LogP contribution in [0.2, 0.25) is 0 Å². The first-order valence-corrected chi connectivity index (χ1v) is 4.19. The Kier molecular flexibility index (Phi) is 3.60. The molecular formula is C9H11N3O2. The second-order valence-electron chi connectivity index (χ2n) is 2.67. The van der Waals surface area contributed by atoms with Crippen LogP contribution >= 0.6 is 0 Å². The quantitative estimate of drug-likeness (QED) is 0.336. The molecule has 0 spiro atoms. The molecule has 0 saturated carbocycles. The SMILES string of the molecule is C=CCCNc1ccc([N+](=O)[O-])nc1. The molecule has 0 aliphatic heterocycles. The van der Waals surface area contributed by atoms with Gasteiger partial charge in [-0.05, 0) is 22.4 Å². The predicted molar refractivity (Wildman–Crippen MR) is 54.2 cm³/mol. The minimum Gasteiger partial charge on any atom is -0.382 e. The first-order chi connectivity index (χ1) is 6.74. The van der Waals surface area contributed by atoms with Gasteiger partial charge in [-0.15, -0.1) is 6.58 Å². The Labute approximate surface area is 81.6 Å². The molecule has 5 heteroatoms. The van der Waals surface area contributed by atoms with Crippen LogP contribution in [0.5, 0.6) is 0 Å². The lowest BCUT2D eigenvalue weighted by Gasteiger charge is -2.01. The molecule has 1 heterocycles. The Hall–Kier alpha value is -1.91. The van der Waals surface area contributed by atoms with Crippen molar-refractivity contribution in [2.75, 3.05) is 11.9 Å². The number of pyridine rings is 1. The van der Waals surface area contributed by atoms with E-state index in [1.807, 2.05) is 0 Å². The summed E-state index contributed by atoms with van der Waals surface area (Å²) in [5.41, 5.74) is 0.775. The summed E-state index contributed by atoms with van der Waals surface area (Å²) in [5, 5.41) is 13.3. The Morgan fingerprint density at radius 3 is 2.93 bits per heavy atom. The largest absolute Gasteiger partial charge is 0.382 e. The second kappa shape index (κ2) is 4.96. The van der Waals surface area contributed by atoms with Gasteiger partial charge in [0.05, 0.1) is 5.69 Å². The van der Waals surface area contributed by atoms with E-state index in [0.29, 0.717) is 0 Å². The van der Waals surface area contributed by atoms with Crippen molar-refractivity contribution < 1.29 is 4.92 Å². The maximum atomic E-state index is 10.3. The second-order valence-corrected chi connectivity index (χ2v) is 2.67. The van der Waals surface area contributed by atoms with E-state index in [-0.39, 0.29) is 5.82 Å². The van der Waals surface area contributed by atoms with E-state index in [9.17, 15) is 10.1 Å². The van der Waals surface area contributed by atoms with Gasteiger partial charge in [0.25, 0.3) is 0 Å². The zero-order valence-corrected chi connectivity index (χ0v) is 7.64. The van der Waals surface area contributed by atoms with E-state index in [2.05, 4.69) is 16.9 Å². The van der Waals surface area contributed by atoms with Crippen LogP contribution in [-0.2, 0) is 0 Å². The molecule has 74 valence electrons. The van der Waals surface area contributed by atoms with E-state index in [1.54, 1.807) is 12.1 Å². The van der Waals surface area contributed by atoms with Crippen molar-refractivity contribution in [3.63, 3.8) is 0 Å². The molecule has 0 saturated heterocycles. The highest BCUT2D eigenvalue weighted by molar-refractivity contribution is 5.43. The molecular weight excluding hydrogens is 182 g/mol. The highest BCUT2D eigenvalue weighted by atomic mass is 16.6. The van der Waals surface area contributed by atoms with Gasteiger partial charge in [-0.25, -0.2) is 0 Å². The highest BCUT2D eigenvalue weighted by Crippen LogP contribution is 2.10. The monoisotopic (exact) mass is 193 g/mol. The molecule has 5 nitrogen and oxygen atoms in total. The van der Waals surface area contributed by atoms with Crippen LogP contribution in [0.1, 0.15) is 6.42 Å². The summed E-state index contributed by atoms with van der Waals surface area (Å²) >= 11 is 0. The standard InChI is InChI=1S/C9H11N3O2/c1-2-3-6-10-8-4-5-9(11-7-8)12(13)14/h2,4-5,7,10H,1,3,6H2. The van der Waals surface area contributed by atoms with E-state index in [1.165, 1.54) is 12.3 Å². The van der Waals surface area contributed by atoms with Crippen LogP contribution < -0.4 is 5.32 Å². The van der Waals surface area contributed by atoms with Crippen molar-refractivity contribution in [1.82, 2.24) is 4.98 Å². The number of hydrogen-bond donors (Lipinski definition) is 1. The van der Waals surface area contributed by atoms with Crippen molar-refractivity contribution in [3.8, 4) is 0 Å². The molecule has 1 N–H and O–H groups in total. The van der Waals surface area contributed by atoms with Gasteiger partial charge in [-0.1, -0.05) is 6.08 Å². The summed E-state index contributed by atoms with van der Waals surface area (Å²) in [6.07, 6.45) is 4.09. The van der Waals surface area contributed by atoms with E-state index in [4.69, 9.17) is 0 Å². The van der Waals surface area contributed by atoms with Gasteiger partial charge < -0.3 is 15.4 Å². The van der Waals surface area contributed by atoms with Crippen molar-refractivity contribution in [1.29, 1.82) is 0 Å². The lowest BCUT2D eigenvalue weighted by atomic mass is 10.3. The molecule has 0 radical (unpaired) electrons. The van der Waals surface area contributed by atoms with Crippen LogP contribution in [0.4, 0.5) is 11.5 Å². The van der Waals surface area contributed by atoms with E-state index >= 15 is 0 Å². The molecule has 0 fully saturated rings. The van der Waals surface area contributed by atoms with Gasteiger partial charge in [0.15, 0.2) is 6.20 Å². The smallest absolute Gasteiger partial charge is 0.363 e. The maximum absolute atomic E-state index is 10.3. The number of anilines is 1. The summed E-state index contributed by atoms with van der Waals surface area (Å²) in [5.74, 6) is -0.140. The molecule has 0 aliphatic rings. The molecule has 0 aromatic carbocycles. The molecule has 0 amide bonds. The zero-order valence-electron chi connectivity index (χ0n) is 7.64. The van der Waals surface area contributed by atoms with Crippen LogP contribution in [0, 0.1) is 10.1 Å². The molecule has 1 aromatic rings. The first kappa shape index (κ1) is 10.2. The van der Waals surface area contributed by atoms with Gasteiger partial charge in [-0.3, -0.25) is 0 Å². The first-order valence-electron chi connectivity index (χ1n) is 4.19. The fourth-order valence-electron chi connectivity index (χ4n) is 0.917. The average molecular weight is 193 g/mol. The molecule has 1 rings (SSSR count). The van der Waals surface area contributed by atoms with Crippen molar-refractivity contribution in [2.45, 2.75) is 6.42 Å². The van der Waals surface area contributed by atoms with E-state index < -0.39 is 4.92 Å². The van der Waals surface area contributed by atoms with Gasteiger partial charge in [0.1, 0.15) is 0 Å².